The highest BCUT2D eigenvalue weighted by atomic mass is 16.6. The van der Waals surface area contributed by atoms with Gasteiger partial charge < -0.3 is 19.7 Å². The molecule has 0 amide bonds. The molecule has 2 N–H and O–H groups in total. The molecule has 3 atom stereocenters. The molecular weight excluding hydrogens is 336 g/mol. The molecule has 1 aliphatic heterocycles. The lowest BCUT2D eigenvalue weighted by atomic mass is 9.85. The van der Waals surface area contributed by atoms with Crippen LogP contribution in [0.5, 0.6) is 0 Å². The number of esters is 2. The van der Waals surface area contributed by atoms with Gasteiger partial charge >= 0.3 is 11.9 Å². The maximum absolute atomic E-state index is 12.3. The van der Waals surface area contributed by atoms with Crippen LogP contribution < -0.4 is 0 Å². The molecule has 0 aromatic carbocycles. The van der Waals surface area contributed by atoms with Crippen molar-refractivity contribution in [2.45, 2.75) is 45.3 Å². The molecule has 0 unspecified atom stereocenters. The van der Waals surface area contributed by atoms with E-state index in [1.54, 1.807) is 13.0 Å². The molecule has 0 radical (unpaired) electrons. The van der Waals surface area contributed by atoms with Crippen molar-refractivity contribution in [2.24, 2.45) is 5.92 Å². The number of carbonyl (C=O) groups is 2. The van der Waals surface area contributed by atoms with Gasteiger partial charge in [0.25, 0.3) is 0 Å². The maximum atomic E-state index is 12.3. The lowest BCUT2D eigenvalue weighted by Crippen LogP contribution is -2.33. The van der Waals surface area contributed by atoms with Crippen molar-refractivity contribution in [3.63, 3.8) is 0 Å². The van der Waals surface area contributed by atoms with Crippen LogP contribution in [0.1, 0.15) is 33.1 Å². The summed E-state index contributed by atoms with van der Waals surface area (Å²) < 4.78 is 11.1. The summed E-state index contributed by atoms with van der Waals surface area (Å²) in [5.74, 6) is -1.58. The van der Waals surface area contributed by atoms with Crippen molar-refractivity contribution >= 4 is 11.9 Å². The number of hydrogen-bond acceptors (Lipinski definition) is 6. The van der Waals surface area contributed by atoms with E-state index in [0.717, 1.165) is 17.6 Å². The summed E-state index contributed by atoms with van der Waals surface area (Å²) in [6.45, 7) is 6.95. The minimum absolute atomic E-state index is 0.122. The van der Waals surface area contributed by atoms with Crippen molar-refractivity contribution < 1.29 is 29.3 Å². The van der Waals surface area contributed by atoms with Crippen molar-refractivity contribution in [2.75, 3.05) is 13.2 Å². The van der Waals surface area contributed by atoms with Crippen LogP contribution in [-0.4, -0.2) is 47.6 Å². The summed E-state index contributed by atoms with van der Waals surface area (Å²) in [6.07, 6.45) is 5.78. The quantitative estimate of drug-likeness (QED) is 0.451. The Morgan fingerprint density at radius 1 is 1.46 bits per heavy atom. The van der Waals surface area contributed by atoms with Crippen LogP contribution in [-0.2, 0) is 19.1 Å². The predicted octanol–water partition coefficient (Wildman–Crippen LogP) is 1.98. The van der Waals surface area contributed by atoms with Gasteiger partial charge in [-0.1, -0.05) is 18.2 Å². The fourth-order valence-corrected chi connectivity index (χ4v) is 3.23. The Kier molecular flexibility index (Phi) is 6.94. The van der Waals surface area contributed by atoms with E-state index in [-0.39, 0.29) is 18.8 Å². The SMILES string of the molecule is C=C1C(=O)O[C@@H]2/C=C(/CO)CC/C=C(/C)C[C@@H](OC(=O)/C(C)=C/CO)[C@H]12. The number of carbonyl (C=O) groups excluding carboxylic acids is 2. The molecule has 2 aliphatic rings. The van der Waals surface area contributed by atoms with Gasteiger partial charge in [-0.3, -0.25) is 0 Å². The third-order valence-corrected chi connectivity index (χ3v) is 4.72. The molecule has 142 valence electrons. The van der Waals surface area contributed by atoms with E-state index in [1.165, 1.54) is 6.08 Å². The molecule has 1 heterocycles. The Labute approximate surface area is 153 Å². The fraction of sp³-hybridized carbons (Fsp3) is 0.500. The van der Waals surface area contributed by atoms with Gasteiger partial charge in [0.1, 0.15) is 12.2 Å². The second kappa shape index (κ2) is 8.96. The van der Waals surface area contributed by atoms with Gasteiger partial charge in [-0.05, 0) is 44.4 Å². The van der Waals surface area contributed by atoms with Crippen molar-refractivity contribution in [1.82, 2.24) is 0 Å². The Hall–Kier alpha value is -2.18. The molecule has 6 nitrogen and oxygen atoms in total. The number of rotatable bonds is 4. The van der Waals surface area contributed by atoms with Gasteiger partial charge in [0, 0.05) is 17.6 Å². The summed E-state index contributed by atoms with van der Waals surface area (Å²) in [7, 11) is 0. The van der Waals surface area contributed by atoms with Crippen LogP contribution in [0, 0.1) is 5.92 Å². The van der Waals surface area contributed by atoms with E-state index in [9.17, 15) is 14.7 Å². The summed E-state index contributed by atoms with van der Waals surface area (Å²) in [6, 6.07) is 0. The zero-order chi connectivity index (χ0) is 19.3. The predicted molar refractivity (Wildman–Crippen MR) is 96.0 cm³/mol. The van der Waals surface area contributed by atoms with E-state index < -0.39 is 30.1 Å². The van der Waals surface area contributed by atoms with Gasteiger partial charge in [-0.15, -0.1) is 0 Å². The second-order valence-electron chi connectivity index (χ2n) is 6.71. The summed E-state index contributed by atoms with van der Waals surface area (Å²) in [5, 5.41) is 18.5. The van der Waals surface area contributed by atoms with E-state index >= 15 is 0 Å². The zero-order valence-electron chi connectivity index (χ0n) is 15.2. The first-order valence-electron chi connectivity index (χ1n) is 8.71. The number of fused-ring (bicyclic) bond motifs is 1. The van der Waals surface area contributed by atoms with Gasteiger partial charge in [0.2, 0.25) is 0 Å². The molecule has 0 aromatic heterocycles. The van der Waals surface area contributed by atoms with E-state index in [0.29, 0.717) is 18.4 Å². The first-order valence-corrected chi connectivity index (χ1v) is 8.71. The van der Waals surface area contributed by atoms with Crippen molar-refractivity contribution in [3.8, 4) is 0 Å². The molecule has 26 heavy (non-hydrogen) atoms. The topological polar surface area (TPSA) is 93.1 Å². The summed E-state index contributed by atoms with van der Waals surface area (Å²) in [5.41, 5.74) is 2.36. The van der Waals surface area contributed by atoms with Gasteiger partial charge in [0.15, 0.2) is 0 Å². The average molecular weight is 362 g/mol. The monoisotopic (exact) mass is 362 g/mol. The number of aliphatic hydroxyl groups excluding tert-OH is 2. The highest BCUT2D eigenvalue weighted by Crippen LogP contribution is 2.36. The maximum Gasteiger partial charge on any atom is 0.334 e. The Morgan fingerprint density at radius 2 is 2.19 bits per heavy atom. The summed E-state index contributed by atoms with van der Waals surface area (Å²) in [4.78, 5) is 24.4. The summed E-state index contributed by atoms with van der Waals surface area (Å²) >= 11 is 0. The molecular formula is C20H26O6. The van der Waals surface area contributed by atoms with Gasteiger partial charge in [0.05, 0.1) is 19.1 Å². The molecule has 0 bridgehead atoms. The lowest BCUT2D eigenvalue weighted by molar-refractivity contribution is -0.147. The Balaban J connectivity index is 2.38. The third kappa shape index (κ3) is 4.71. The first-order chi connectivity index (χ1) is 12.4. The largest absolute Gasteiger partial charge is 0.458 e. The molecule has 1 aliphatic carbocycles. The van der Waals surface area contributed by atoms with Crippen LogP contribution in [0.15, 0.2) is 47.1 Å². The van der Waals surface area contributed by atoms with Gasteiger partial charge in [-0.25, -0.2) is 9.59 Å². The first kappa shape index (κ1) is 20.1. The number of allylic oxidation sites excluding steroid dienone is 1. The molecule has 2 rings (SSSR count). The number of aliphatic hydroxyl groups is 2. The molecule has 0 aromatic rings. The molecule has 0 spiro atoms. The van der Waals surface area contributed by atoms with Crippen LogP contribution in [0.25, 0.3) is 0 Å². The molecule has 1 fully saturated rings. The second-order valence-corrected chi connectivity index (χ2v) is 6.71. The molecule has 0 saturated carbocycles. The minimum atomic E-state index is -0.626. The van der Waals surface area contributed by atoms with E-state index in [4.69, 9.17) is 14.6 Å². The highest BCUT2D eigenvalue weighted by Gasteiger charge is 2.44. The average Bonchev–Trinajstić information content (AvgIpc) is 2.87. The number of ether oxygens (including phenoxy) is 2. The van der Waals surface area contributed by atoms with Crippen LogP contribution in [0.4, 0.5) is 0 Å². The highest BCUT2D eigenvalue weighted by molar-refractivity contribution is 5.92. The van der Waals surface area contributed by atoms with Crippen molar-refractivity contribution in [1.29, 1.82) is 0 Å². The van der Waals surface area contributed by atoms with Crippen LogP contribution in [0.2, 0.25) is 0 Å². The lowest BCUT2D eigenvalue weighted by Gasteiger charge is -2.27. The fourth-order valence-electron chi connectivity index (χ4n) is 3.23. The van der Waals surface area contributed by atoms with Crippen LogP contribution >= 0.6 is 0 Å². The molecule has 1 saturated heterocycles. The minimum Gasteiger partial charge on any atom is -0.458 e. The normalized spacial score (nSPS) is 31.2. The smallest absolute Gasteiger partial charge is 0.334 e. The van der Waals surface area contributed by atoms with E-state index in [2.05, 4.69) is 6.58 Å². The number of hydrogen-bond donors (Lipinski definition) is 2. The van der Waals surface area contributed by atoms with Crippen LogP contribution in [0.3, 0.4) is 0 Å². The Bertz CT molecular complexity index is 670. The Morgan fingerprint density at radius 3 is 2.85 bits per heavy atom. The van der Waals surface area contributed by atoms with Gasteiger partial charge in [-0.2, -0.15) is 0 Å². The van der Waals surface area contributed by atoms with E-state index in [1.807, 2.05) is 13.0 Å². The molecule has 6 heteroatoms. The zero-order valence-corrected chi connectivity index (χ0v) is 15.2. The third-order valence-electron chi connectivity index (χ3n) is 4.72. The van der Waals surface area contributed by atoms with Crippen molar-refractivity contribution in [3.05, 3.63) is 47.1 Å². The standard InChI is InChI=1S/C20H26O6/c1-12-5-4-6-15(11-22)10-17-18(14(3)20(24)26-17)16(9-12)25-19(23)13(2)7-8-21/h5,7,10,16-18,21-22H,3-4,6,8-9,11H2,1-2H3/b12-5-,13-7+,15-10+/t16-,17-,18+/m1/s1.